The fourth-order valence-corrected chi connectivity index (χ4v) is 1.45. The van der Waals surface area contributed by atoms with Crippen LogP contribution in [0.2, 0.25) is 0 Å². The summed E-state index contributed by atoms with van der Waals surface area (Å²) in [4.78, 5) is 15.4. The summed E-state index contributed by atoms with van der Waals surface area (Å²) in [5.74, 6) is 0.413. The number of halogens is 1. The van der Waals surface area contributed by atoms with E-state index in [-0.39, 0.29) is 17.9 Å². The number of aromatic amines is 1. The number of hydrogen-bond donors (Lipinski definition) is 2. The first-order chi connectivity index (χ1) is 8.67. The Kier molecular flexibility index (Phi) is 3.78. The Bertz CT molecular complexity index is 575. The monoisotopic (exact) mass is 312 g/mol. The van der Waals surface area contributed by atoms with Crippen LogP contribution in [0, 0.1) is 0 Å². The molecule has 0 radical (unpaired) electrons. The first-order valence-corrected chi connectivity index (χ1v) is 5.67. The molecule has 0 spiro atoms. The van der Waals surface area contributed by atoms with Crippen molar-refractivity contribution in [3.8, 4) is 6.01 Å². The maximum atomic E-state index is 11.5. The molecule has 2 aromatic rings. The summed E-state index contributed by atoms with van der Waals surface area (Å²) in [6, 6.07) is 3.62. The molecule has 7 nitrogen and oxygen atoms in total. The lowest BCUT2D eigenvalue weighted by Gasteiger charge is -1.94. The van der Waals surface area contributed by atoms with Crippen LogP contribution in [0.15, 0.2) is 27.3 Å². The molecule has 0 aliphatic rings. The average molecular weight is 313 g/mol. The fraction of sp³-hybridized carbons (Fsp3) is 0.100. The Labute approximate surface area is 110 Å². The molecule has 0 aliphatic heterocycles. The normalized spacial score (nSPS) is 10.8. The third-order valence-electron chi connectivity index (χ3n) is 1.88. The van der Waals surface area contributed by atoms with Gasteiger partial charge in [-0.15, -0.1) is 5.10 Å². The van der Waals surface area contributed by atoms with Gasteiger partial charge in [0.25, 0.3) is 5.91 Å². The number of furan rings is 1. The highest BCUT2D eigenvalue weighted by molar-refractivity contribution is 9.10. The number of nitrogens with zero attached hydrogens (tertiary/aromatic N) is 2. The third kappa shape index (κ3) is 3.20. The molecule has 94 valence electrons. The van der Waals surface area contributed by atoms with Gasteiger partial charge in [0.2, 0.25) is 5.95 Å². The zero-order valence-corrected chi connectivity index (χ0v) is 10.9. The predicted molar refractivity (Wildman–Crippen MR) is 67.0 cm³/mol. The molecule has 2 heterocycles. The van der Waals surface area contributed by atoms with Gasteiger partial charge in [-0.05, 0) is 34.1 Å². The molecule has 0 aromatic carbocycles. The third-order valence-corrected chi connectivity index (χ3v) is 2.31. The van der Waals surface area contributed by atoms with E-state index in [4.69, 9.17) is 9.15 Å². The second kappa shape index (κ2) is 5.50. The Morgan fingerprint density at radius 2 is 2.44 bits per heavy atom. The van der Waals surface area contributed by atoms with Crippen LogP contribution in [0.3, 0.4) is 0 Å². The van der Waals surface area contributed by atoms with E-state index in [1.54, 1.807) is 12.1 Å². The van der Waals surface area contributed by atoms with Gasteiger partial charge in [0, 0.05) is 6.08 Å². The lowest BCUT2D eigenvalue weighted by atomic mass is 10.4. The molecule has 0 bridgehead atoms. The zero-order chi connectivity index (χ0) is 13.0. The quantitative estimate of drug-likeness (QED) is 0.840. The van der Waals surface area contributed by atoms with Crippen LogP contribution in [0.5, 0.6) is 6.01 Å². The molecule has 0 saturated heterocycles. The molecule has 2 aromatic heterocycles. The van der Waals surface area contributed by atoms with Gasteiger partial charge in [0.15, 0.2) is 4.67 Å². The van der Waals surface area contributed by atoms with Crippen molar-refractivity contribution in [1.29, 1.82) is 0 Å². The first kappa shape index (κ1) is 12.4. The summed E-state index contributed by atoms with van der Waals surface area (Å²) < 4.78 is 10.6. The van der Waals surface area contributed by atoms with Crippen molar-refractivity contribution in [3.63, 3.8) is 0 Å². The van der Waals surface area contributed by atoms with Crippen LogP contribution in [-0.2, 0) is 4.79 Å². The molecule has 0 atom stereocenters. The van der Waals surface area contributed by atoms with E-state index in [0.717, 1.165) is 0 Å². The smallest absolute Gasteiger partial charge is 0.336 e. The lowest BCUT2D eigenvalue weighted by Crippen LogP contribution is -2.08. The summed E-state index contributed by atoms with van der Waals surface area (Å²) >= 11 is 3.17. The Morgan fingerprint density at radius 3 is 3.06 bits per heavy atom. The van der Waals surface area contributed by atoms with Crippen LogP contribution in [-0.4, -0.2) is 28.2 Å². The fourth-order valence-electron chi connectivity index (χ4n) is 1.13. The number of carbonyl (C=O) groups excluding carboxylic acids is 1. The van der Waals surface area contributed by atoms with E-state index in [2.05, 4.69) is 36.4 Å². The largest absolute Gasteiger partial charge is 0.466 e. The van der Waals surface area contributed by atoms with E-state index < -0.39 is 0 Å². The Morgan fingerprint density at radius 1 is 1.61 bits per heavy atom. The second-order valence-corrected chi connectivity index (χ2v) is 3.92. The maximum absolute atomic E-state index is 11.5. The van der Waals surface area contributed by atoms with Gasteiger partial charge in [0.1, 0.15) is 5.76 Å². The van der Waals surface area contributed by atoms with Crippen molar-refractivity contribution in [2.45, 2.75) is 0 Å². The standard InChI is InChI=1S/C10H9BrN4O3/c1-17-10-13-9(14-15-10)12-8(16)5-3-6-2-4-7(11)18-6/h2-5H,1H3,(H2,12,13,14,15,16)/b5-3+. The van der Waals surface area contributed by atoms with Gasteiger partial charge < -0.3 is 9.15 Å². The molecule has 0 aliphatic carbocycles. The number of methoxy groups -OCH3 is 1. The zero-order valence-electron chi connectivity index (χ0n) is 9.31. The molecule has 2 rings (SSSR count). The number of carbonyl (C=O) groups is 1. The highest BCUT2D eigenvalue weighted by atomic mass is 79.9. The van der Waals surface area contributed by atoms with E-state index in [1.807, 2.05) is 0 Å². The van der Waals surface area contributed by atoms with Gasteiger partial charge in [-0.2, -0.15) is 4.98 Å². The number of amides is 1. The number of anilines is 1. The lowest BCUT2D eigenvalue weighted by molar-refractivity contribution is -0.111. The number of hydrogen-bond acceptors (Lipinski definition) is 5. The predicted octanol–water partition coefficient (Wildman–Crippen LogP) is 1.82. The highest BCUT2D eigenvalue weighted by Gasteiger charge is 2.04. The summed E-state index contributed by atoms with van der Waals surface area (Å²) in [6.45, 7) is 0. The molecular formula is C10H9BrN4O3. The number of rotatable bonds is 4. The molecule has 2 N–H and O–H groups in total. The van der Waals surface area contributed by atoms with Crippen molar-refractivity contribution in [3.05, 3.63) is 28.6 Å². The summed E-state index contributed by atoms with van der Waals surface area (Å²) in [5.41, 5.74) is 0. The van der Waals surface area contributed by atoms with E-state index in [1.165, 1.54) is 19.3 Å². The average Bonchev–Trinajstić information content (AvgIpc) is 2.95. The maximum Gasteiger partial charge on any atom is 0.336 e. The SMILES string of the molecule is COc1n[nH]c(NC(=O)/C=C/c2ccc(Br)o2)n1. The second-order valence-electron chi connectivity index (χ2n) is 3.14. The number of ether oxygens (including phenoxy) is 1. The minimum atomic E-state index is -0.360. The van der Waals surface area contributed by atoms with Crippen LogP contribution in [0.25, 0.3) is 6.08 Å². The first-order valence-electron chi connectivity index (χ1n) is 4.88. The minimum Gasteiger partial charge on any atom is -0.466 e. The van der Waals surface area contributed by atoms with E-state index in [0.29, 0.717) is 10.4 Å². The minimum absolute atomic E-state index is 0.157. The molecular weight excluding hydrogens is 304 g/mol. The van der Waals surface area contributed by atoms with Gasteiger partial charge in [-0.1, -0.05) is 0 Å². The molecule has 0 saturated carbocycles. The van der Waals surface area contributed by atoms with Crippen LogP contribution in [0.4, 0.5) is 5.95 Å². The number of aromatic nitrogens is 3. The van der Waals surface area contributed by atoms with Crippen LogP contribution >= 0.6 is 15.9 Å². The van der Waals surface area contributed by atoms with E-state index >= 15 is 0 Å². The van der Waals surface area contributed by atoms with Gasteiger partial charge in [0.05, 0.1) is 7.11 Å². The summed E-state index contributed by atoms with van der Waals surface area (Å²) in [7, 11) is 1.43. The van der Waals surface area contributed by atoms with Crippen molar-refractivity contribution < 1.29 is 13.9 Å². The molecule has 18 heavy (non-hydrogen) atoms. The molecule has 0 unspecified atom stereocenters. The Hall–Kier alpha value is -2.09. The van der Waals surface area contributed by atoms with Crippen molar-refractivity contribution >= 4 is 33.9 Å². The van der Waals surface area contributed by atoms with Crippen molar-refractivity contribution in [2.75, 3.05) is 12.4 Å². The van der Waals surface area contributed by atoms with Crippen molar-refractivity contribution in [1.82, 2.24) is 15.2 Å². The Balaban J connectivity index is 1.94. The van der Waals surface area contributed by atoms with Crippen LogP contribution in [0.1, 0.15) is 5.76 Å². The molecule has 0 fully saturated rings. The number of H-pyrrole nitrogens is 1. The summed E-state index contributed by atoms with van der Waals surface area (Å²) in [5, 5.41) is 8.68. The van der Waals surface area contributed by atoms with Crippen LogP contribution < -0.4 is 10.1 Å². The topological polar surface area (TPSA) is 93.0 Å². The molecule has 8 heteroatoms. The van der Waals surface area contributed by atoms with Gasteiger partial charge >= 0.3 is 6.01 Å². The molecule has 1 amide bonds. The van der Waals surface area contributed by atoms with Gasteiger partial charge in [-0.3, -0.25) is 10.1 Å². The van der Waals surface area contributed by atoms with Crippen molar-refractivity contribution in [2.24, 2.45) is 0 Å². The summed E-state index contributed by atoms with van der Waals surface area (Å²) in [6.07, 6.45) is 2.86. The highest BCUT2D eigenvalue weighted by Crippen LogP contribution is 2.15. The van der Waals surface area contributed by atoms with Gasteiger partial charge in [-0.25, -0.2) is 5.10 Å². The number of nitrogens with one attached hydrogen (secondary N) is 2. The van der Waals surface area contributed by atoms with E-state index in [9.17, 15) is 4.79 Å².